The van der Waals surface area contributed by atoms with Crippen LogP contribution in [-0.2, 0) is 22.6 Å². The number of likely N-dealkylation sites (tertiary alicyclic amines) is 1. The minimum absolute atomic E-state index is 0.215. The average Bonchev–Trinajstić information content (AvgIpc) is 2.99. The van der Waals surface area contributed by atoms with Crippen LogP contribution in [0.5, 0.6) is 0 Å². The summed E-state index contributed by atoms with van der Waals surface area (Å²) in [6.07, 6.45) is 4.78. The number of carbonyl (C=O) groups excluding carboxylic acids is 2. The molecule has 3 heterocycles. The van der Waals surface area contributed by atoms with Gasteiger partial charge in [0.05, 0.1) is 12.2 Å². The lowest BCUT2D eigenvalue weighted by atomic mass is 10.1. The molecule has 0 saturated carbocycles. The predicted octanol–water partition coefficient (Wildman–Crippen LogP) is 2.25. The Labute approximate surface area is 181 Å². The van der Waals surface area contributed by atoms with Crippen LogP contribution in [0.2, 0.25) is 0 Å². The van der Waals surface area contributed by atoms with Gasteiger partial charge in [-0.3, -0.25) is 19.2 Å². The first kappa shape index (κ1) is 22.8. The van der Waals surface area contributed by atoms with Crippen molar-refractivity contribution in [1.82, 2.24) is 24.5 Å². The summed E-state index contributed by atoms with van der Waals surface area (Å²) in [5, 5.41) is 4.67. The summed E-state index contributed by atoms with van der Waals surface area (Å²) in [6.45, 7) is 14.8. The molecule has 7 heteroatoms. The van der Waals surface area contributed by atoms with Crippen LogP contribution in [0, 0.1) is 19.8 Å². The molecule has 0 unspecified atom stereocenters. The number of piperidine rings is 1. The Balaban J connectivity index is 1.43. The number of piperazine rings is 1. The van der Waals surface area contributed by atoms with Gasteiger partial charge in [-0.2, -0.15) is 5.10 Å². The standard InChI is InChI=1S/C23H39N5O2/c1-18(2)16-28-20(4)21(19(3)24-28)8-9-22(29)27-14-12-25(13-15-27)17-23(30)26-10-6-5-7-11-26/h18H,5-17H2,1-4H3. The summed E-state index contributed by atoms with van der Waals surface area (Å²) in [6, 6.07) is 0. The van der Waals surface area contributed by atoms with Crippen LogP contribution < -0.4 is 0 Å². The first-order valence-electron chi connectivity index (χ1n) is 11.7. The smallest absolute Gasteiger partial charge is 0.236 e. The monoisotopic (exact) mass is 417 g/mol. The fraction of sp³-hybridized carbons (Fsp3) is 0.783. The Kier molecular flexibility index (Phi) is 7.92. The molecule has 0 spiro atoms. The summed E-state index contributed by atoms with van der Waals surface area (Å²) >= 11 is 0. The third kappa shape index (κ3) is 5.84. The summed E-state index contributed by atoms with van der Waals surface area (Å²) < 4.78 is 2.08. The van der Waals surface area contributed by atoms with Gasteiger partial charge in [0, 0.05) is 57.9 Å². The molecule has 0 aliphatic carbocycles. The highest BCUT2D eigenvalue weighted by Crippen LogP contribution is 2.17. The van der Waals surface area contributed by atoms with Gasteiger partial charge in [-0.05, 0) is 51.0 Å². The molecule has 0 N–H and O–H groups in total. The molecule has 2 aliphatic heterocycles. The fourth-order valence-corrected chi connectivity index (χ4v) is 4.60. The van der Waals surface area contributed by atoms with Crippen molar-refractivity contribution in [2.75, 3.05) is 45.8 Å². The van der Waals surface area contributed by atoms with Crippen LogP contribution in [-0.4, -0.2) is 82.1 Å². The normalized spacial score (nSPS) is 18.3. The minimum atomic E-state index is 0.215. The minimum Gasteiger partial charge on any atom is -0.342 e. The molecule has 7 nitrogen and oxygen atoms in total. The number of aromatic nitrogens is 2. The molecule has 168 valence electrons. The first-order chi connectivity index (χ1) is 14.3. The molecule has 2 saturated heterocycles. The molecule has 0 atom stereocenters. The second kappa shape index (κ2) is 10.4. The number of aryl methyl sites for hydroxylation is 1. The van der Waals surface area contributed by atoms with Crippen molar-refractivity contribution in [2.24, 2.45) is 5.92 Å². The topological polar surface area (TPSA) is 61.7 Å². The van der Waals surface area contributed by atoms with E-state index in [-0.39, 0.29) is 11.8 Å². The quantitative estimate of drug-likeness (QED) is 0.683. The molecule has 2 aliphatic rings. The molecule has 0 bridgehead atoms. The number of nitrogens with zero attached hydrogens (tertiary/aromatic N) is 5. The van der Waals surface area contributed by atoms with Crippen LogP contribution in [0.3, 0.4) is 0 Å². The average molecular weight is 418 g/mol. The molecular formula is C23H39N5O2. The van der Waals surface area contributed by atoms with E-state index in [2.05, 4.69) is 35.5 Å². The highest BCUT2D eigenvalue weighted by molar-refractivity contribution is 5.78. The van der Waals surface area contributed by atoms with Crippen LogP contribution in [0.4, 0.5) is 0 Å². The van der Waals surface area contributed by atoms with E-state index < -0.39 is 0 Å². The SMILES string of the molecule is Cc1nn(CC(C)C)c(C)c1CCC(=O)N1CCN(CC(=O)N2CCCCC2)CC1. The molecule has 1 aromatic rings. The van der Waals surface area contributed by atoms with Gasteiger partial charge in [-0.25, -0.2) is 0 Å². The summed E-state index contributed by atoms with van der Waals surface area (Å²) in [5.74, 6) is 1.02. The molecule has 2 fully saturated rings. The lowest BCUT2D eigenvalue weighted by Gasteiger charge is -2.36. The van der Waals surface area contributed by atoms with Crippen molar-refractivity contribution in [3.8, 4) is 0 Å². The molecule has 30 heavy (non-hydrogen) atoms. The fourth-order valence-electron chi connectivity index (χ4n) is 4.60. The van der Waals surface area contributed by atoms with Gasteiger partial charge in [0.15, 0.2) is 0 Å². The second-order valence-electron chi connectivity index (χ2n) is 9.32. The zero-order valence-corrected chi connectivity index (χ0v) is 19.3. The predicted molar refractivity (Wildman–Crippen MR) is 118 cm³/mol. The van der Waals surface area contributed by atoms with Gasteiger partial charge in [0.25, 0.3) is 0 Å². The number of carbonyl (C=O) groups is 2. The zero-order valence-electron chi connectivity index (χ0n) is 19.3. The molecule has 1 aromatic heterocycles. The van der Waals surface area contributed by atoms with Crippen molar-refractivity contribution in [3.63, 3.8) is 0 Å². The van der Waals surface area contributed by atoms with Crippen LogP contribution in [0.25, 0.3) is 0 Å². The number of rotatable bonds is 7. The molecule has 2 amide bonds. The third-order valence-electron chi connectivity index (χ3n) is 6.45. The van der Waals surface area contributed by atoms with Gasteiger partial charge < -0.3 is 9.80 Å². The zero-order chi connectivity index (χ0) is 21.7. The maximum absolute atomic E-state index is 12.8. The maximum atomic E-state index is 12.8. The Morgan fingerprint density at radius 1 is 0.900 bits per heavy atom. The molecule has 0 radical (unpaired) electrons. The van der Waals surface area contributed by atoms with E-state index in [1.165, 1.54) is 17.7 Å². The Hall–Kier alpha value is -1.89. The van der Waals surface area contributed by atoms with E-state index in [4.69, 9.17) is 0 Å². The van der Waals surface area contributed by atoms with Gasteiger partial charge in [-0.15, -0.1) is 0 Å². The molecule has 0 aromatic carbocycles. The van der Waals surface area contributed by atoms with Crippen molar-refractivity contribution in [2.45, 2.75) is 66.3 Å². The third-order valence-corrected chi connectivity index (χ3v) is 6.45. The summed E-state index contributed by atoms with van der Waals surface area (Å²) in [5.41, 5.74) is 3.45. The van der Waals surface area contributed by atoms with E-state index in [1.54, 1.807) is 0 Å². The van der Waals surface area contributed by atoms with Crippen molar-refractivity contribution in [3.05, 3.63) is 17.0 Å². The van der Waals surface area contributed by atoms with E-state index in [0.717, 1.165) is 70.8 Å². The van der Waals surface area contributed by atoms with Crippen molar-refractivity contribution >= 4 is 11.8 Å². The van der Waals surface area contributed by atoms with E-state index in [9.17, 15) is 9.59 Å². The highest BCUT2D eigenvalue weighted by Gasteiger charge is 2.25. The van der Waals surface area contributed by atoms with Gasteiger partial charge in [-0.1, -0.05) is 13.8 Å². The van der Waals surface area contributed by atoms with Gasteiger partial charge in [0.1, 0.15) is 0 Å². The van der Waals surface area contributed by atoms with Gasteiger partial charge >= 0.3 is 0 Å². The van der Waals surface area contributed by atoms with Crippen LogP contribution >= 0.6 is 0 Å². The number of amides is 2. The second-order valence-corrected chi connectivity index (χ2v) is 9.32. The first-order valence-corrected chi connectivity index (χ1v) is 11.7. The summed E-state index contributed by atoms with van der Waals surface area (Å²) in [4.78, 5) is 31.4. The Bertz CT molecular complexity index is 728. The number of hydrogen-bond acceptors (Lipinski definition) is 4. The van der Waals surface area contributed by atoms with Crippen LogP contribution in [0.15, 0.2) is 0 Å². The Morgan fingerprint density at radius 3 is 2.17 bits per heavy atom. The van der Waals surface area contributed by atoms with Crippen molar-refractivity contribution in [1.29, 1.82) is 0 Å². The van der Waals surface area contributed by atoms with Crippen molar-refractivity contribution < 1.29 is 9.59 Å². The maximum Gasteiger partial charge on any atom is 0.236 e. The van der Waals surface area contributed by atoms with E-state index in [1.807, 2.05) is 16.7 Å². The highest BCUT2D eigenvalue weighted by atomic mass is 16.2. The molecular weight excluding hydrogens is 378 g/mol. The molecule has 3 rings (SSSR count). The lowest BCUT2D eigenvalue weighted by Crippen LogP contribution is -2.52. The van der Waals surface area contributed by atoms with E-state index >= 15 is 0 Å². The van der Waals surface area contributed by atoms with E-state index in [0.29, 0.717) is 18.9 Å². The Morgan fingerprint density at radius 2 is 1.53 bits per heavy atom. The lowest BCUT2D eigenvalue weighted by molar-refractivity contribution is -0.135. The van der Waals surface area contributed by atoms with Crippen LogP contribution in [0.1, 0.15) is 56.5 Å². The van der Waals surface area contributed by atoms with Gasteiger partial charge in [0.2, 0.25) is 11.8 Å². The largest absolute Gasteiger partial charge is 0.342 e. The summed E-state index contributed by atoms with van der Waals surface area (Å²) in [7, 11) is 0. The number of hydrogen-bond donors (Lipinski definition) is 0.